The van der Waals surface area contributed by atoms with Crippen LogP contribution in [0.2, 0.25) is 0 Å². The molecule has 0 saturated carbocycles. The van der Waals surface area contributed by atoms with Gasteiger partial charge in [-0.1, -0.05) is 36.4 Å². The molecule has 5 nitrogen and oxygen atoms in total. The number of methoxy groups -OCH3 is 2. The Hall–Kier alpha value is -2.53. The average molecular weight is 369 g/mol. The van der Waals surface area contributed by atoms with Crippen molar-refractivity contribution in [1.29, 1.82) is 0 Å². The zero-order chi connectivity index (χ0) is 19.1. The predicted molar refractivity (Wildman–Crippen MR) is 105 cm³/mol. The van der Waals surface area contributed by atoms with Crippen LogP contribution in [-0.2, 0) is 17.8 Å². The van der Waals surface area contributed by atoms with E-state index in [9.17, 15) is 4.79 Å². The molecule has 1 fully saturated rings. The Labute approximate surface area is 161 Å². The summed E-state index contributed by atoms with van der Waals surface area (Å²) in [7, 11) is 3.24. The number of hydrogen-bond acceptors (Lipinski definition) is 3. The molecule has 144 valence electrons. The summed E-state index contributed by atoms with van der Waals surface area (Å²) in [6.07, 6.45) is 3.08. The fourth-order valence-electron chi connectivity index (χ4n) is 3.78. The summed E-state index contributed by atoms with van der Waals surface area (Å²) < 4.78 is 10.6. The summed E-state index contributed by atoms with van der Waals surface area (Å²) >= 11 is 0. The minimum atomic E-state index is 0.0499. The van der Waals surface area contributed by atoms with Crippen LogP contribution in [-0.4, -0.2) is 39.3 Å². The maximum absolute atomic E-state index is 12.7. The van der Waals surface area contributed by atoms with Crippen molar-refractivity contribution in [3.8, 4) is 11.5 Å². The van der Waals surface area contributed by atoms with Gasteiger partial charge in [-0.3, -0.25) is 4.79 Å². The van der Waals surface area contributed by atoms with Crippen LogP contribution in [0.1, 0.15) is 24.0 Å². The first-order chi connectivity index (χ1) is 13.2. The van der Waals surface area contributed by atoms with E-state index in [0.29, 0.717) is 18.0 Å². The summed E-state index contributed by atoms with van der Waals surface area (Å²) in [5.41, 5.74) is 2.34. The zero-order valence-electron chi connectivity index (χ0n) is 16.2. The van der Waals surface area contributed by atoms with Gasteiger partial charge in [-0.05, 0) is 23.3 Å². The van der Waals surface area contributed by atoms with E-state index in [1.807, 2.05) is 24.3 Å². The van der Waals surface area contributed by atoms with E-state index < -0.39 is 0 Å². The average Bonchev–Trinajstić information content (AvgIpc) is 3.19. The van der Waals surface area contributed by atoms with Gasteiger partial charge < -0.3 is 19.7 Å². The highest BCUT2D eigenvalue weighted by molar-refractivity contribution is 5.80. The first kappa shape index (κ1) is 19.2. The van der Waals surface area contributed by atoms with Crippen LogP contribution in [0.15, 0.2) is 48.5 Å². The van der Waals surface area contributed by atoms with Crippen molar-refractivity contribution >= 4 is 5.91 Å². The number of likely N-dealkylation sites (tertiary alicyclic amines) is 1. The lowest BCUT2D eigenvalue weighted by molar-refractivity contribution is -0.902. The smallest absolute Gasteiger partial charge is 0.278 e. The maximum atomic E-state index is 12.7. The lowest BCUT2D eigenvalue weighted by Crippen LogP contribution is -3.15. The Balaban J connectivity index is 1.53. The molecule has 2 aromatic rings. The van der Waals surface area contributed by atoms with E-state index in [1.54, 1.807) is 14.2 Å². The number of carbonyl (C=O) groups is 1. The number of ether oxygens (including phenoxy) is 2. The molecule has 1 heterocycles. The molecule has 1 amide bonds. The summed E-state index contributed by atoms with van der Waals surface area (Å²) in [5.74, 6) is 1.52. The van der Waals surface area contributed by atoms with Gasteiger partial charge in [0, 0.05) is 25.8 Å². The molecule has 1 saturated heterocycles. The van der Waals surface area contributed by atoms with E-state index >= 15 is 0 Å². The summed E-state index contributed by atoms with van der Waals surface area (Å²) in [6.45, 7) is 2.57. The third-order valence-corrected chi connectivity index (χ3v) is 5.29. The Morgan fingerprint density at radius 2 is 1.85 bits per heavy atom. The second-order valence-corrected chi connectivity index (χ2v) is 7.00. The van der Waals surface area contributed by atoms with Crippen LogP contribution < -0.4 is 19.7 Å². The molecule has 2 atom stereocenters. The molecule has 0 spiro atoms. The Bertz CT molecular complexity index is 748. The first-order valence-corrected chi connectivity index (χ1v) is 9.58. The highest BCUT2D eigenvalue weighted by atomic mass is 16.5. The lowest BCUT2D eigenvalue weighted by atomic mass is 10.1. The fourth-order valence-corrected chi connectivity index (χ4v) is 3.78. The Morgan fingerprint density at radius 1 is 1.07 bits per heavy atom. The second-order valence-electron chi connectivity index (χ2n) is 7.00. The highest BCUT2D eigenvalue weighted by Gasteiger charge is 2.34. The number of quaternary nitrogens is 1. The number of nitrogens with one attached hydrogen (secondary N) is 2. The van der Waals surface area contributed by atoms with Gasteiger partial charge >= 0.3 is 0 Å². The molecule has 0 radical (unpaired) electrons. The standard InChI is InChI=1S/C22H28N2O3/c1-26-20-11-10-18(15-21(20)27-2)16-23-22(25)19-9-6-13-24(19)14-12-17-7-4-3-5-8-17/h3-5,7-8,10-11,15,19H,6,9,12-14,16H2,1-2H3,(H,23,25)/p+1/t19-/m0/s1. The molecular formula is C22H29N2O3+. The van der Waals surface area contributed by atoms with Gasteiger partial charge in [0.05, 0.1) is 27.3 Å². The number of rotatable bonds is 8. The van der Waals surface area contributed by atoms with Crippen molar-refractivity contribution in [2.45, 2.75) is 31.8 Å². The largest absolute Gasteiger partial charge is 0.493 e. The minimum Gasteiger partial charge on any atom is -0.493 e. The number of amides is 1. The van der Waals surface area contributed by atoms with Crippen LogP contribution >= 0.6 is 0 Å². The molecule has 0 aromatic heterocycles. The van der Waals surface area contributed by atoms with Gasteiger partial charge in [-0.2, -0.15) is 0 Å². The van der Waals surface area contributed by atoms with Crippen molar-refractivity contribution in [3.05, 3.63) is 59.7 Å². The van der Waals surface area contributed by atoms with E-state index in [0.717, 1.165) is 37.9 Å². The minimum absolute atomic E-state index is 0.0499. The second kappa shape index (κ2) is 9.42. The molecule has 0 aliphatic carbocycles. The molecule has 1 aliphatic heterocycles. The molecule has 1 aliphatic rings. The fraction of sp³-hybridized carbons (Fsp3) is 0.409. The molecule has 3 rings (SSSR count). The van der Waals surface area contributed by atoms with Crippen LogP contribution in [0.25, 0.3) is 0 Å². The molecule has 27 heavy (non-hydrogen) atoms. The van der Waals surface area contributed by atoms with Gasteiger partial charge in [0.2, 0.25) is 0 Å². The van der Waals surface area contributed by atoms with Gasteiger partial charge in [-0.15, -0.1) is 0 Å². The SMILES string of the molecule is COc1ccc(CNC(=O)[C@@H]2CCC[NH+]2CCc2ccccc2)cc1OC. The number of benzene rings is 2. The van der Waals surface area contributed by atoms with Crippen LogP contribution in [0, 0.1) is 0 Å². The van der Waals surface area contributed by atoms with Gasteiger partial charge in [0.25, 0.3) is 5.91 Å². The Kier molecular flexibility index (Phi) is 6.71. The van der Waals surface area contributed by atoms with Crippen molar-refractivity contribution in [2.24, 2.45) is 0 Å². The molecule has 5 heteroatoms. The predicted octanol–water partition coefficient (Wildman–Crippen LogP) is 1.61. The van der Waals surface area contributed by atoms with Crippen molar-refractivity contribution in [1.82, 2.24) is 5.32 Å². The molecule has 2 N–H and O–H groups in total. The molecular weight excluding hydrogens is 340 g/mol. The van der Waals surface area contributed by atoms with Crippen molar-refractivity contribution in [2.75, 3.05) is 27.3 Å². The zero-order valence-corrected chi connectivity index (χ0v) is 16.2. The number of hydrogen-bond donors (Lipinski definition) is 2. The lowest BCUT2D eigenvalue weighted by Gasteiger charge is -2.21. The van der Waals surface area contributed by atoms with E-state index in [2.05, 4.69) is 29.6 Å². The highest BCUT2D eigenvalue weighted by Crippen LogP contribution is 2.27. The van der Waals surface area contributed by atoms with Crippen LogP contribution in [0.4, 0.5) is 0 Å². The normalized spacial score (nSPS) is 18.9. The molecule has 2 aromatic carbocycles. The summed E-state index contributed by atoms with van der Waals surface area (Å²) in [5, 5.41) is 3.10. The molecule has 0 bridgehead atoms. The van der Waals surface area contributed by atoms with Crippen molar-refractivity contribution < 1.29 is 19.2 Å². The monoisotopic (exact) mass is 369 g/mol. The third-order valence-electron chi connectivity index (χ3n) is 5.29. The van der Waals surface area contributed by atoms with Gasteiger partial charge in [-0.25, -0.2) is 0 Å². The molecule has 1 unspecified atom stereocenters. The summed E-state index contributed by atoms with van der Waals surface area (Å²) in [4.78, 5) is 14.1. The maximum Gasteiger partial charge on any atom is 0.278 e. The van der Waals surface area contributed by atoms with Crippen molar-refractivity contribution in [3.63, 3.8) is 0 Å². The number of carbonyl (C=O) groups excluding carboxylic acids is 1. The van der Waals surface area contributed by atoms with E-state index in [4.69, 9.17) is 9.47 Å². The van der Waals surface area contributed by atoms with Crippen LogP contribution in [0.3, 0.4) is 0 Å². The summed E-state index contributed by atoms with van der Waals surface area (Å²) in [6, 6.07) is 16.3. The quantitative estimate of drug-likeness (QED) is 0.743. The van der Waals surface area contributed by atoms with E-state index in [-0.39, 0.29) is 11.9 Å². The topological polar surface area (TPSA) is 52.0 Å². The Morgan fingerprint density at radius 3 is 2.59 bits per heavy atom. The first-order valence-electron chi connectivity index (χ1n) is 9.58. The van der Waals surface area contributed by atoms with Gasteiger partial charge in [0.15, 0.2) is 17.5 Å². The third kappa shape index (κ3) is 5.01. The van der Waals surface area contributed by atoms with Gasteiger partial charge in [0.1, 0.15) is 0 Å². The van der Waals surface area contributed by atoms with Crippen LogP contribution in [0.5, 0.6) is 11.5 Å². The van der Waals surface area contributed by atoms with E-state index in [1.165, 1.54) is 10.5 Å².